The zero-order chi connectivity index (χ0) is 20.8. The second-order valence-corrected chi connectivity index (χ2v) is 8.43. The number of H-pyrrole nitrogens is 1. The third-order valence-corrected chi connectivity index (χ3v) is 6.28. The number of amides is 1. The number of aromatic nitrogens is 2. The number of methoxy groups -OCH3 is 1. The van der Waals surface area contributed by atoms with Gasteiger partial charge in [-0.25, -0.2) is 4.79 Å². The van der Waals surface area contributed by atoms with E-state index >= 15 is 0 Å². The van der Waals surface area contributed by atoms with Crippen molar-refractivity contribution in [1.82, 2.24) is 14.5 Å². The summed E-state index contributed by atoms with van der Waals surface area (Å²) < 4.78 is 7.77. The Balaban J connectivity index is 1.44. The highest BCUT2D eigenvalue weighted by atomic mass is 79.9. The smallest absolute Gasteiger partial charge is 0.340 e. The second kappa shape index (κ2) is 7.32. The van der Waals surface area contributed by atoms with Crippen LogP contribution in [0.3, 0.4) is 0 Å². The van der Waals surface area contributed by atoms with E-state index in [1.165, 1.54) is 18.4 Å². The van der Waals surface area contributed by atoms with Crippen LogP contribution in [0.4, 0.5) is 0 Å². The number of nitrogens with one attached hydrogen (secondary N) is 1. The number of benzene rings is 2. The fraction of sp³-hybridized carbons (Fsp3) is 0.217. The molecule has 30 heavy (non-hydrogen) atoms. The van der Waals surface area contributed by atoms with E-state index in [0.29, 0.717) is 18.7 Å². The topological polar surface area (TPSA) is 67.3 Å². The molecule has 152 valence electrons. The summed E-state index contributed by atoms with van der Waals surface area (Å²) in [6, 6.07) is 13.7. The number of para-hydroxylation sites is 1. The maximum Gasteiger partial charge on any atom is 0.340 e. The molecule has 1 N–H and O–H groups in total. The first-order chi connectivity index (χ1) is 14.5. The second-order valence-electron chi connectivity index (χ2n) is 7.52. The van der Waals surface area contributed by atoms with Crippen molar-refractivity contribution in [2.24, 2.45) is 0 Å². The van der Waals surface area contributed by atoms with Crippen LogP contribution in [0.2, 0.25) is 0 Å². The summed E-state index contributed by atoms with van der Waals surface area (Å²) in [4.78, 5) is 30.7. The average molecular weight is 466 g/mol. The van der Waals surface area contributed by atoms with Crippen LogP contribution < -0.4 is 0 Å². The van der Waals surface area contributed by atoms with Crippen LogP contribution in [-0.4, -0.2) is 40.0 Å². The van der Waals surface area contributed by atoms with Crippen molar-refractivity contribution in [3.05, 3.63) is 70.0 Å². The molecule has 2 aromatic heterocycles. The van der Waals surface area contributed by atoms with Crippen LogP contribution in [0, 0.1) is 0 Å². The van der Waals surface area contributed by atoms with Gasteiger partial charge in [0.15, 0.2) is 0 Å². The number of aromatic amines is 1. The summed E-state index contributed by atoms with van der Waals surface area (Å²) >= 11 is 3.54. The number of nitrogens with zero attached hydrogens (tertiary/aromatic N) is 2. The summed E-state index contributed by atoms with van der Waals surface area (Å²) in [6.07, 6.45) is 2.51. The van der Waals surface area contributed by atoms with Gasteiger partial charge in [0.1, 0.15) is 6.54 Å². The zero-order valence-corrected chi connectivity index (χ0v) is 18.0. The van der Waals surface area contributed by atoms with Crippen LogP contribution in [0.15, 0.2) is 53.1 Å². The Bertz CT molecular complexity index is 1300. The first-order valence-corrected chi connectivity index (χ1v) is 10.6. The Morgan fingerprint density at radius 3 is 2.83 bits per heavy atom. The third-order valence-electron chi connectivity index (χ3n) is 5.79. The lowest BCUT2D eigenvalue weighted by Crippen LogP contribution is -2.37. The molecule has 1 amide bonds. The molecule has 0 atom stereocenters. The van der Waals surface area contributed by atoms with Gasteiger partial charge in [0.25, 0.3) is 0 Å². The molecule has 5 rings (SSSR count). The lowest BCUT2D eigenvalue weighted by molar-refractivity contribution is -0.132. The minimum atomic E-state index is -0.399. The molecule has 0 spiro atoms. The number of esters is 1. The molecule has 3 heterocycles. The molecule has 6 nitrogen and oxygen atoms in total. The van der Waals surface area contributed by atoms with Gasteiger partial charge in [-0.15, -0.1) is 0 Å². The van der Waals surface area contributed by atoms with Crippen molar-refractivity contribution >= 4 is 49.6 Å². The number of halogens is 1. The van der Waals surface area contributed by atoms with Crippen molar-refractivity contribution in [2.45, 2.75) is 19.5 Å². The number of fused-ring (bicyclic) bond motifs is 4. The number of carbonyl (C=O) groups excluding carboxylic acids is 2. The molecular formula is C23H20BrN3O3. The van der Waals surface area contributed by atoms with Gasteiger partial charge in [-0.1, -0.05) is 34.1 Å². The largest absolute Gasteiger partial charge is 0.465 e. The summed E-state index contributed by atoms with van der Waals surface area (Å²) in [5.41, 5.74) is 4.80. The van der Waals surface area contributed by atoms with Gasteiger partial charge in [-0.2, -0.15) is 0 Å². The summed E-state index contributed by atoms with van der Waals surface area (Å²) in [5.74, 6) is -0.369. The van der Waals surface area contributed by atoms with E-state index in [1.54, 1.807) is 6.20 Å². The molecule has 0 bridgehead atoms. The van der Waals surface area contributed by atoms with E-state index in [2.05, 4.69) is 33.0 Å². The average Bonchev–Trinajstić information content (AvgIpc) is 3.31. The standard InChI is InChI=1S/C23H20BrN3O3/c1-30-23(29)18-12-27(21-5-3-2-4-15(18)21)13-22(28)26-9-8-20-17(11-26)16-10-14(24)6-7-19(16)25-20/h2-7,10,12,25H,8-9,11,13H2,1H3. The molecule has 0 saturated carbocycles. The van der Waals surface area contributed by atoms with Gasteiger partial charge < -0.3 is 19.2 Å². The van der Waals surface area contributed by atoms with Crippen molar-refractivity contribution < 1.29 is 14.3 Å². The van der Waals surface area contributed by atoms with Crippen LogP contribution >= 0.6 is 15.9 Å². The summed E-state index contributed by atoms with van der Waals surface area (Å²) in [7, 11) is 1.37. The number of hydrogen-bond donors (Lipinski definition) is 1. The van der Waals surface area contributed by atoms with E-state index < -0.39 is 5.97 Å². The van der Waals surface area contributed by atoms with Crippen LogP contribution in [0.5, 0.6) is 0 Å². The summed E-state index contributed by atoms with van der Waals surface area (Å²) in [6.45, 7) is 1.43. The van der Waals surface area contributed by atoms with Crippen LogP contribution in [-0.2, 0) is 29.0 Å². The number of rotatable bonds is 3. The monoisotopic (exact) mass is 465 g/mol. The fourth-order valence-corrected chi connectivity index (χ4v) is 4.66. The maximum atomic E-state index is 13.2. The molecule has 0 radical (unpaired) electrons. The van der Waals surface area contributed by atoms with Crippen molar-refractivity contribution in [1.29, 1.82) is 0 Å². The minimum Gasteiger partial charge on any atom is -0.465 e. The van der Waals surface area contributed by atoms with Gasteiger partial charge in [0.05, 0.1) is 12.7 Å². The van der Waals surface area contributed by atoms with Gasteiger partial charge in [0.2, 0.25) is 5.91 Å². The molecule has 1 aliphatic rings. The molecule has 0 fully saturated rings. The SMILES string of the molecule is COC(=O)c1cn(CC(=O)N2CCc3[nH]c4ccc(Br)cc4c3C2)c2ccccc12. The van der Waals surface area contributed by atoms with E-state index in [4.69, 9.17) is 4.74 Å². The van der Waals surface area contributed by atoms with E-state index in [-0.39, 0.29) is 12.5 Å². The van der Waals surface area contributed by atoms with Gasteiger partial charge in [-0.3, -0.25) is 4.79 Å². The highest BCUT2D eigenvalue weighted by molar-refractivity contribution is 9.10. The molecular weight excluding hydrogens is 446 g/mol. The van der Waals surface area contributed by atoms with Gasteiger partial charge in [-0.05, 0) is 24.3 Å². The predicted octanol–water partition coefficient (Wildman–Crippen LogP) is 4.26. The quantitative estimate of drug-likeness (QED) is 0.459. The lowest BCUT2D eigenvalue weighted by atomic mass is 10.0. The zero-order valence-electron chi connectivity index (χ0n) is 16.4. The Labute approximate surface area is 181 Å². The number of carbonyl (C=O) groups is 2. The highest BCUT2D eigenvalue weighted by Gasteiger charge is 2.25. The molecule has 4 aromatic rings. The van der Waals surface area contributed by atoms with Crippen molar-refractivity contribution in [2.75, 3.05) is 13.7 Å². The fourth-order valence-electron chi connectivity index (χ4n) is 4.30. The first-order valence-electron chi connectivity index (χ1n) is 9.78. The molecule has 0 aliphatic carbocycles. The van der Waals surface area contributed by atoms with E-state index in [9.17, 15) is 9.59 Å². The maximum absolute atomic E-state index is 13.2. The van der Waals surface area contributed by atoms with Gasteiger partial charge in [0, 0.05) is 63.2 Å². The van der Waals surface area contributed by atoms with Crippen LogP contribution in [0.25, 0.3) is 21.8 Å². The molecule has 1 aliphatic heterocycles. The van der Waals surface area contributed by atoms with Crippen molar-refractivity contribution in [3.63, 3.8) is 0 Å². The highest BCUT2D eigenvalue weighted by Crippen LogP contribution is 2.30. The Kier molecular flexibility index (Phi) is 4.62. The normalized spacial score (nSPS) is 13.6. The predicted molar refractivity (Wildman–Crippen MR) is 118 cm³/mol. The van der Waals surface area contributed by atoms with E-state index in [1.807, 2.05) is 39.8 Å². The number of ether oxygens (including phenoxy) is 1. The van der Waals surface area contributed by atoms with Gasteiger partial charge >= 0.3 is 5.97 Å². The van der Waals surface area contributed by atoms with Crippen LogP contribution in [0.1, 0.15) is 21.6 Å². The van der Waals surface area contributed by atoms with E-state index in [0.717, 1.165) is 32.7 Å². The Hall–Kier alpha value is -3.06. The lowest BCUT2D eigenvalue weighted by Gasteiger charge is -2.27. The molecule has 0 saturated heterocycles. The molecule has 2 aromatic carbocycles. The Morgan fingerprint density at radius 2 is 2.00 bits per heavy atom. The minimum absolute atomic E-state index is 0.0298. The number of hydrogen-bond acceptors (Lipinski definition) is 3. The van der Waals surface area contributed by atoms with Crippen molar-refractivity contribution in [3.8, 4) is 0 Å². The third kappa shape index (κ3) is 3.10. The summed E-state index contributed by atoms with van der Waals surface area (Å²) in [5, 5.41) is 1.94. The first kappa shape index (κ1) is 18.9. The molecule has 0 unspecified atom stereocenters. The molecule has 7 heteroatoms. The Morgan fingerprint density at radius 1 is 1.17 bits per heavy atom.